The predicted octanol–water partition coefficient (Wildman–Crippen LogP) is 7.76. The number of hydrogen-bond acceptors (Lipinski definition) is 13. The molecule has 0 saturated heterocycles. The van der Waals surface area contributed by atoms with Crippen LogP contribution in [-0.4, -0.2) is 93.4 Å². The zero-order valence-electron chi connectivity index (χ0n) is 36.0. The number of rotatable bonds is 36. The van der Waals surface area contributed by atoms with Crippen LogP contribution in [0.15, 0.2) is 48.6 Å². The summed E-state index contributed by atoms with van der Waals surface area (Å²) >= 11 is 0. The average molecular weight is 858 g/mol. The molecule has 14 heteroatoms. The maximum atomic E-state index is 12.7. The van der Waals surface area contributed by atoms with Gasteiger partial charge in [-0.15, -0.1) is 0 Å². The quantitative estimate of drug-likeness (QED) is 0.0177. The van der Waals surface area contributed by atoms with Crippen LogP contribution in [-0.2, 0) is 32.7 Å². The van der Waals surface area contributed by atoms with Gasteiger partial charge >= 0.3 is 11.9 Å². The molecule has 0 radical (unpaired) electrons. The van der Waals surface area contributed by atoms with Crippen molar-refractivity contribution < 1.29 is 63.1 Å². The Balaban J connectivity index is 2.53. The van der Waals surface area contributed by atoms with E-state index in [4.69, 9.17) is 18.5 Å². The fourth-order valence-electron chi connectivity index (χ4n) is 6.51. The van der Waals surface area contributed by atoms with Gasteiger partial charge in [-0.3, -0.25) is 14.2 Å². The van der Waals surface area contributed by atoms with E-state index in [-0.39, 0.29) is 12.8 Å². The van der Waals surface area contributed by atoms with Gasteiger partial charge in [-0.2, -0.15) is 0 Å². The van der Waals surface area contributed by atoms with E-state index in [2.05, 4.69) is 50.3 Å². The SMILES string of the molecule is CCCCC/C=C\C/C=C\C/C=C\C/C=C\CCCC(=O)O[C@H](COC(=O)CCCCCCCCCCCCCCC)COP(=O)([O-])OC1[C@H](O)[C@H](O)C(O)[C@H](O)[C@H]1O. The molecular weight excluding hydrogens is 779 g/mol. The highest BCUT2D eigenvalue weighted by Crippen LogP contribution is 2.43. The van der Waals surface area contributed by atoms with Crippen LogP contribution in [0.1, 0.15) is 168 Å². The zero-order valence-corrected chi connectivity index (χ0v) is 36.9. The summed E-state index contributed by atoms with van der Waals surface area (Å²) < 4.78 is 33.0. The second-order valence-corrected chi connectivity index (χ2v) is 16.9. The molecule has 1 aliphatic rings. The Kier molecular flexibility index (Phi) is 32.9. The predicted molar refractivity (Wildman–Crippen MR) is 228 cm³/mol. The molecule has 0 aromatic heterocycles. The number of phosphoric acid groups is 1. The van der Waals surface area contributed by atoms with Gasteiger partial charge in [0.1, 0.15) is 43.2 Å². The Labute approximate surface area is 354 Å². The third-order valence-corrected chi connectivity index (χ3v) is 11.1. The lowest BCUT2D eigenvalue weighted by molar-refractivity contribution is -0.261. The molecule has 0 aromatic carbocycles. The number of hydrogen-bond donors (Lipinski definition) is 5. The molecule has 1 aliphatic carbocycles. The molecular formula is C45H78O13P-. The molecule has 0 amide bonds. The summed E-state index contributed by atoms with van der Waals surface area (Å²) in [5, 5.41) is 50.0. The first kappa shape index (κ1) is 54.8. The molecule has 13 nitrogen and oxygen atoms in total. The van der Waals surface area contributed by atoms with Gasteiger partial charge in [-0.1, -0.05) is 152 Å². The normalized spacial score (nSPS) is 22.8. The van der Waals surface area contributed by atoms with Crippen molar-refractivity contribution in [3.63, 3.8) is 0 Å². The molecule has 0 aromatic rings. The van der Waals surface area contributed by atoms with Gasteiger partial charge in [-0.25, -0.2) is 0 Å². The topological polar surface area (TPSA) is 212 Å². The Morgan fingerprint density at radius 3 is 1.46 bits per heavy atom. The third-order valence-electron chi connectivity index (χ3n) is 10.2. The average Bonchev–Trinajstić information content (AvgIpc) is 3.21. The minimum Gasteiger partial charge on any atom is -0.756 e. The van der Waals surface area contributed by atoms with Crippen molar-refractivity contribution in [1.82, 2.24) is 0 Å². The molecule has 1 rings (SSSR count). The molecule has 0 bridgehead atoms. The largest absolute Gasteiger partial charge is 0.756 e. The number of carbonyl (C=O) groups excluding carboxylic acids is 2. The standard InChI is InChI=1S/C45H79O13P/c1-3-5-7-9-11-13-15-17-18-19-20-22-24-26-28-30-32-34-39(47)57-37(36-56-59(53,54)58-45-43(51)41(49)40(48)42(50)44(45)52)35-55-38(46)33-31-29-27-25-23-21-16-14-12-10-8-6-4-2/h11,13,17-18,20,22,26,28,37,40-45,48-52H,3-10,12,14-16,19,21,23-25,27,29-36H2,1-2H3,(H,53,54)/p-1/b13-11-,18-17-,22-20-,28-26-/t37-,40?,41-,42+,43-,44-,45?/m1/s1. The molecule has 59 heavy (non-hydrogen) atoms. The molecule has 1 fully saturated rings. The smallest absolute Gasteiger partial charge is 0.306 e. The highest BCUT2D eigenvalue weighted by molar-refractivity contribution is 7.45. The number of allylic oxidation sites excluding steroid dienone is 8. The van der Waals surface area contributed by atoms with Crippen LogP contribution in [0, 0.1) is 0 Å². The zero-order chi connectivity index (χ0) is 43.6. The molecule has 5 N–H and O–H groups in total. The molecule has 342 valence electrons. The van der Waals surface area contributed by atoms with Crippen LogP contribution in [0.25, 0.3) is 0 Å². The number of ether oxygens (including phenoxy) is 2. The number of aliphatic hydroxyl groups excluding tert-OH is 5. The molecule has 0 aliphatic heterocycles. The van der Waals surface area contributed by atoms with Crippen LogP contribution in [0.3, 0.4) is 0 Å². The molecule has 3 unspecified atom stereocenters. The van der Waals surface area contributed by atoms with Crippen molar-refractivity contribution in [1.29, 1.82) is 0 Å². The highest BCUT2D eigenvalue weighted by atomic mass is 31.2. The summed E-state index contributed by atoms with van der Waals surface area (Å²) in [7, 11) is -5.38. The van der Waals surface area contributed by atoms with E-state index in [0.717, 1.165) is 44.9 Å². The van der Waals surface area contributed by atoms with Gasteiger partial charge in [0.05, 0.1) is 6.61 Å². The van der Waals surface area contributed by atoms with Gasteiger partial charge in [0.25, 0.3) is 7.82 Å². The number of aliphatic hydroxyl groups is 5. The lowest BCUT2D eigenvalue weighted by Crippen LogP contribution is -2.64. The number of phosphoric ester groups is 1. The molecule has 1 saturated carbocycles. The second kappa shape index (κ2) is 35.4. The number of esters is 2. The minimum atomic E-state index is -5.38. The van der Waals surface area contributed by atoms with Crippen molar-refractivity contribution in [2.24, 2.45) is 0 Å². The summed E-state index contributed by atoms with van der Waals surface area (Å²) in [4.78, 5) is 37.9. The number of carbonyl (C=O) groups is 2. The van der Waals surface area contributed by atoms with Crippen molar-refractivity contribution in [3.05, 3.63) is 48.6 Å². The second-order valence-electron chi connectivity index (χ2n) is 15.5. The Hall–Kier alpha value is -2.19. The maximum absolute atomic E-state index is 12.7. The lowest BCUT2D eigenvalue weighted by atomic mass is 9.85. The summed E-state index contributed by atoms with van der Waals surface area (Å²) in [6.45, 7) is 3.12. The van der Waals surface area contributed by atoms with Crippen molar-refractivity contribution in [3.8, 4) is 0 Å². The Morgan fingerprint density at radius 2 is 0.949 bits per heavy atom. The van der Waals surface area contributed by atoms with Gasteiger partial charge in [-0.05, 0) is 51.4 Å². The van der Waals surface area contributed by atoms with E-state index in [0.29, 0.717) is 19.3 Å². The summed E-state index contributed by atoms with van der Waals surface area (Å²) in [5.74, 6) is -1.20. The highest BCUT2D eigenvalue weighted by Gasteiger charge is 2.50. The fraction of sp³-hybridized carbons (Fsp3) is 0.778. The van der Waals surface area contributed by atoms with Crippen molar-refractivity contribution in [2.75, 3.05) is 13.2 Å². The Bertz CT molecular complexity index is 1220. The van der Waals surface area contributed by atoms with E-state index in [1.54, 1.807) is 0 Å². The molecule has 8 atom stereocenters. The van der Waals surface area contributed by atoms with E-state index < -0.39 is 75.7 Å². The van der Waals surface area contributed by atoms with Crippen LogP contribution in [0.4, 0.5) is 0 Å². The Morgan fingerprint density at radius 1 is 0.542 bits per heavy atom. The first-order valence-corrected chi connectivity index (χ1v) is 23.9. The van der Waals surface area contributed by atoms with Crippen molar-refractivity contribution >= 4 is 19.8 Å². The molecule has 0 spiro atoms. The summed E-state index contributed by atoms with van der Waals surface area (Å²) in [5.41, 5.74) is 0. The van der Waals surface area contributed by atoms with Crippen molar-refractivity contribution in [2.45, 2.75) is 211 Å². The van der Waals surface area contributed by atoms with Crippen LogP contribution in [0.2, 0.25) is 0 Å². The third kappa shape index (κ3) is 28.1. The van der Waals surface area contributed by atoms with Gasteiger partial charge < -0.3 is 48.9 Å². The van der Waals surface area contributed by atoms with Gasteiger partial charge in [0.15, 0.2) is 6.10 Å². The van der Waals surface area contributed by atoms with E-state index in [1.807, 2.05) is 12.2 Å². The number of unbranched alkanes of at least 4 members (excludes halogenated alkanes) is 16. The summed E-state index contributed by atoms with van der Waals surface area (Å²) in [6, 6.07) is 0. The fourth-order valence-corrected chi connectivity index (χ4v) is 7.46. The first-order valence-electron chi connectivity index (χ1n) is 22.4. The minimum absolute atomic E-state index is 0.00548. The van der Waals surface area contributed by atoms with E-state index >= 15 is 0 Å². The lowest BCUT2D eigenvalue weighted by Gasteiger charge is -2.43. The van der Waals surface area contributed by atoms with E-state index in [9.17, 15) is 44.6 Å². The van der Waals surface area contributed by atoms with Gasteiger partial charge in [0, 0.05) is 12.8 Å². The monoisotopic (exact) mass is 858 g/mol. The first-order chi connectivity index (χ1) is 28.4. The van der Waals surface area contributed by atoms with E-state index in [1.165, 1.54) is 77.0 Å². The molecule has 0 heterocycles. The van der Waals surface area contributed by atoms with Crippen LogP contribution >= 0.6 is 7.82 Å². The summed E-state index contributed by atoms with van der Waals surface area (Å²) in [6.07, 6.45) is 27.0. The van der Waals surface area contributed by atoms with Crippen LogP contribution in [0.5, 0.6) is 0 Å². The maximum Gasteiger partial charge on any atom is 0.306 e. The van der Waals surface area contributed by atoms with Crippen LogP contribution < -0.4 is 4.89 Å². The van der Waals surface area contributed by atoms with Gasteiger partial charge in [0.2, 0.25) is 0 Å².